The molecule has 2 aromatic rings. The normalized spacial score (nSPS) is 20.2. The smallest absolute Gasteiger partial charge is 0.132 e. The highest BCUT2D eigenvalue weighted by molar-refractivity contribution is 8.03. The van der Waals surface area contributed by atoms with Gasteiger partial charge in [0.1, 0.15) is 5.82 Å². The molecule has 1 fully saturated rings. The number of hydrogen-bond donors (Lipinski definition) is 1. The molecule has 2 aliphatic heterocycles. The van der Waals surface area contributed by atoms with Crippen molar-refractivity contribution in [1.82, 2.24) is 15.1 Å². The molecule has 23 heavy (non-hydrogen) atoms. The minimum Gasteiger partial charge on any atom is -0.294 e. The van der Waals surface area contributed by atoms with Crippen molar-refractivity contribution in [2.45, 2.75) is 19.0 Å². The minimum absolute atomic E-state index is 0.195. The Morgan fingerprint density at radius 1 is 1.17 bits per heavy atom. The minimum atomic E-state index is -0.195. The fourth-order valence-electron chi connectivity index (χ4n) is 3.32. The van der Waals surface area contributed by atoms with Crippen LogP contribution >= 0.6 is 23.5 Å². The Morgan fingerprint density at radius 3 is 2.74 bits per heavy atom. The maximum absolute atomic E-state index is 14.2. The SMILES string of the molecule is Fc1ccccc1-c1n[nH]c2c1CN(C1CSCCSC1)CC2. The van der Waals surface area contributed by atoms with Crippen molar-refractivity contribution in [3.8, 4) is 11.3 Å². The van der Waals surface area contributed by atoms with Crippen LogP contribution in [0.1, 0.15) is 11.3 Å². The van der Waals surface area contributed by atoms with Crippen LogP contribution in [-0.2, 0) is 13.0 Å². The summed E-state index contributed by atoms with van der Waals surface area (Å²) in [7, 11) is 0. The van der Waals surface area contributed by atoms with E-state index < -0.39 is 0 Å². The Balaban J connectivity index is 1.61. The summed E-state index contributed by atoms with van der Waals surface area (Å²) in [5.41, 5.74) is 3.75. The fraction of sp³-hybridized carbons (Fsp3) is 0.471. The predicted molar refractivity (Wildman–Crippen MR) is 96.5 cm³/mol. The molecule has 0 amide bonds. The molecular weight excluding hydrogens is 329 g/mol. The summed E-state index contributed by atoms with van der Waals surface area (Å²) in [5, 5.41) is 7.56. The van der Waals surface area contributed by atoms with Gasteiger partial charge in [-0.25, -0.2) is 4.39 Å². The summed E-state index contributed by atoms with van der Waals surface area (Å²) in [6.07, 6.45) is 0.975. The van der Waals surface area contributed by atoms with Gasteiger partial charge in [-0.15, -0.1) is 0 Å². The zero-order valence-corrected chi connectivity index (χ0v) is 14.6. The summed E-state index contributed by atoms with van der Waals surface area (Å²) in [5.74, 6) is 4.73. The quantitative estimate of drug-likeness (QED) is 0.900. The average Bonchev–Trinajstić information content (AvgIpc) is 2.80. The number of benzene rings is 1. The summed E-state index contributed by atoms with van der Waals surface area (Å²) in [4.78, 5) is 2.56. The topological polar surface area (TPSA) is 31.9 Å². The maximum atomic E-state index is 14.2. The van der Waals surface area contributed by atoms with Crippen molar-refractivity contribution < 1.29 is 4.39 Å². The number of thioether (sulfide) groups is 2. The molecular formula is C17H20FN3S2. The lowest BCUT2D eigenvalue weighted by atomic mass is 10.00. The lowest BCUT2D eigenvalue weighted by Crippen LogP contribution is -2.42. The van der Waals surface area contributed by atoms with Gasteiger partial charge in [0.05, 0.1) is 5.69 Å². The van der Waals surface area contributed by atoms with E-state index in [1.807, 2.05) is 12.1 Å². The Hall–Kier alpha value is -0.980. The molecule has 0 spiro atoms. The number of aromatic amines is 1. The molecule has 0 unspecified atom stereocenters. The van der Waals surface area contributed by atoms with E-state index in [4.69, 9.17) is 0 Å². The summed E-state index contributed by atoms with van der Waals surface area (Å²) in [6, 6.07) is 7.55. The highest BCUT2D eigenvalue weighted by Crippen LogP contribution is 2.32. The number of nitrogens with one attached hydrogen (secondary N) is 1. The Bertz CT molecular complexity index is 680. The summed E-state index contributed by atoms with van der Waals surface area (Å²) >= 11 is 4.12. The third kappa shape index (κ3) is 3.16. The van der Waals surface area contributed by atoms with E-state index in [0.29, 0.717) is 11.6 Å². The van der Waals surface area contributed by atoms with Crippen molar-refractivity contribution in [3.05, 3.63) is 41.3 Å². The Labute approximate surface area is 144 Å². The van der Waals surface area contributed by atoms with Crippen molar-refractivity contribution in [1.29, 1.82) is 0 Å². The number of aromatic nitrogens is 2. The molecule has 3 nitrogen and oxygen atoms in total. The molecule has 0 atom stereocenters. The van der Waals surface area contributed by atoms with Gasteiger partial charge in [0, 0.05) is 65.4 Å². The van der Waals surface area contributed by atoms with Crippen LogP contribution in [0.5, 0.6) is 0 Å². The monoisotopic (exact) mass is 349 g/mol. The Morgan fingerprint density at radius 2 is 1.96 bits per heavy atom. The third-order valence-corrected chi connectivity index (χ3v) is 7.09. The predicted octanol–water partition coefficient (Wildman–Crippen LogP) is 3.42. The van der Waals surface area contributed by atoms with E-state index in [0.717, 1.165) is 25.2 Å². The van der Waals surface area contributed by atoms with Crippen molar-refractivity contribution in [2.75, 3.05) is 29.6 Å². The molecule has 0 bridgehead atoms. The Kier molecular flexibility index (Phi) is 4.64. The van der Waals surface area contributed by atoms with Crippen molar-refractivity contribution in [2.24, 2.45) is 0 Å². The van der Waals surface area contributed by atoms with Crippen LogP contribution in [-0.4, -0.2) is 50.7 Å². The zero-order chi connectivity index (χ0) is 15.6. The van der Waals surface area contributed by atoms with Crippen molar-refractivity contribution in [3.63, 3.8) is 0 Å². The lowest BCUT2D eigenvalue weighted by Gasteiger charge is -2.33. The van der Waals surface area contributed by atoms with Crippen LogP contribution in [0.3, 0.4) is 0 Å². The molecule has 122 valence electrons. The highest BCUT2D eigenvalue weighted by atomic mass is 32.2. The van der Waals surface area contributed by atoms with Gasteiger partial charge in [-0.2, -0.15) is 28.6 Å². The largest absolute Gasteiger partial charge is 0.294 e. The molecule has 4 rings (SSSR count). The lowest BCUT2D eigenvalue weighted by molar-refractivity contribution is 0.209. The first-order chi connectivity index (χ1) is 11.3. The first-order valence-corrected chi connectivity index (χ1v) is 10.3. The van der Waals surface area contributed by atoms with E-state index in [2.05, 4.69) is 38.6 Å². The zero-order valence-electron chi connectivity index (χ0n) is 12.9. The number of rotatable bonds is 2. The first kappa shape index (κ1) is 15.5. The molecule has 1 saturated heterocycles. The van der Waals surface area contributed by atoms with Crippen LogP contribution < -0.4 is 0 Å². The van der Waals surface area contributed by atoms with E-state index in [1.54, 1.807) is 6.07 Å². The van der Waals surface area contributed by atoms with Crippen LogP contribution in [0.15, 0.2) is 24.3 Å². The number of nitrogens with zero attached hydrogens (tertiary/aromatic N) is 2. The van der Waals surface area contributed by atoms with Gasteiger partial charge in [-0.05, 0) is 12.1 Å². The van der Waals surface area contributed by atoms with Crippen LogP contribution in [0.25, 0.3) is 11.3 Å². The maximum Gasteiger partial charge on any atom is 0.132 e. The third-order valence-electron chi connectivity index (χ3n) is 4.60. The van der Waals surface area contributed by atoms with Gasteiger partial charge < -0.3 is 0 Å². The molecule has 1 aromatic heterocycles. The molecule has 3 heterocycles. The second-order valence-electron chi connectivity index (χ2n) is 6.03. The second kappa shape index (κ2) is 6.87. The van der Waals surface area contributed by atoms with Gasteiger partial charge in [-0.3, -0.25) is 10.00 Å². The van der Waals surface area contributed by atoms with Crippen LogP contribution in [0, 0.1) is 5.82 Å². The number of hydrogen-bond acceptors (Lipinski definition) is 4. The summed E-state index contributed by atoms with van der Waals surface area (Å²) < 4.78 is 14.2. The molecule has 1 aromatic carbocycles. The highest BCUT2D eigenvalue weighted by Gasteiger charge is 2.28. The average molecular weight is 350 g/mol. The van der Waals surface area contributed by atoms with Crippen molar-refractivity contribution >= 4 is 23.5 Å². The molecule has 0 radical (unpaired) electrons. The molecule has 0 aliphatic carbocycles. The van der Waals surface area contributed by atoms with Gasteiger partial charge >= 0.3 is 0 Å². The summed E-state index contributed by atoms with van der Waals surface area (Å²) in [6.45, 7) is 1.94. The van der Waals surface area contributed by atoms with E-state index in [-0.39, 0.29) is 5.82 Å². The van der Waals surface area contributed by atoms with Gasteiger partial charge in [0.15, 0.2) is 0 Å². The van der Waals surface area contributed by atoms with Crippen LogP contribution in [0.2, 0.25) is 0 Å². The molecule has 2 aliphatic rings. The van der Waals surface area contributed by atoms with Gasteiger partial charge in [0.2, 0.25) is 0 Å². The second-order valence-corrected chi connectivity index (χ2v) is 8.33. The van der Waals surface area contributed by atoms with E-state index >= 15 is 0 Å². The van der Waals surface area contributed by atoms with Gasteiger partial charge in [0.25, 0.3) is 0 Å². The van der Waals surface area contributed by atoms with E-state index in [1.165, 1.54) is 40.3 Å². The van der Waals surface area contributed by atoms with Crippen LogP contribution in [0.4, 0.5) is 4.39 Å². The number of H-pyrrole nitrogens is 1. The standard InChI is InChI=1S/C17H20FN3S2/c18-15-4-2-1-3-13(15)17-14-9-21(6-5-16(14)19-20-17)12-10-22-7-8-23-11-12/h1-4,12H,5-11H2,(H,19,20). The van der Waals surface area contributed by atoms with Gasteiger partial charge in [-0.1, -0.05) is 12.1 Å². The number of fused-ring (bicyclic) bond motifs is 1. The molecule has 6 heteroatoms. The fourth-order valence-corrected chi connectivity index (χ4v) is 5.95. The molecule has 0 saturated carbocycles. The molecule has 1 N–H and O–H groups in total. The first-order valence-electron chi connectivity index (χ1n) is 8.03. The van der Waals surface area contributed by atoms with E-state index in [9.17, 15) is 4.39 Å². The number of halogens is 1.